The van der Waals surface area contributed by atoms with E-state index >= 15 is 0 Å². The molecule has 0 radical (unpaired) electrons. The second-order valence-corrected chi connectivity index (χ2v) is 3.87. The summed E-state index contributed by atoms with van der Waals surface area (Å²) in [6, 6.07) is 6.57. The first-order valence-corrected chi connectivity index (χ1v) is 5.48. The fraction of sp³-hybridized carbons (Fsp3) is 0.231. The van der Waals surface area contributed by atoms with Crippen LogP contribution in [-0.2, 0) is 4.79 Å². The van der Waals surface area contributed by atoms with Crippen molar-refractivity contribution in [3.63, 3.8) is 0 Å². The van der Waals surface area contributed by atoms with E-state index in [0.29, 0.717) is 11.3 Å². The van der Waals surface area contributed by atoms with E-state index in [4.69, 9.17) is 9.15 Å². The molecule has 0 aliphatic carbocycles. The van der Waals surface area contributed by atoms with Gasteiger partial charge in [-0.1, -0.05) is 0 Å². The number of amides is 1. The molecule has 0 unspecified atom stereocenters. The van der Waals surface area contributed by atoms with Crippen LogP contribution in [0.1, 0.15) is 5.56 Å². The largest absolute Gasteiger partial charge is 0.484 e. The van der Waals surface area contributed by atoms with Gasteiger partial charge in [-0.2, -0.15) is 0 Å². The summed E-state index contributed by atoms with van der Waals surface area (Å²) in [5.41, 5.74) is 0.900. The molecule has 1 aromatic carbocycles. The normalized spacial score (nSPS) is 10.3. The summed E-state index contributed by atoms with van der Waals surface area (Å²) in [5, 5.41) is 3.30. The first-order valence-electron chi connectivity index (χ1n) is 5.48. The summed E-state index contributed by atoms with van der Waals surface area (Å²) < 4.78 is 10.4. The Morgan fingerprint density at radius 1 is 1.39 bits per heavy atom. The van der Waals surface area contributed by atoms with Crippen molar-refractivity contribution in [3.05, 3.63) is 40.2 Å². The fourth-order valence-corrected chi connectivity index (χ4v) is 1.62. The third-order valence-corrected chi connectivity index (χ3v) is 2.57. The van der Waals surface area contributed by atoms with Crippen LogP contribution >= 0.6 is 0 Å². The Balaban J connectivity index is 2.32. The summed E-state index contributed by atoms with van der Waals surface area (Å²) in [4.78, 5) is 22.3. The Labute approximate surface area is 103 Å². The maximum atomic E-state index is 11.3. The zero-order valence-corrected chi connectivity index (χ0v) is 10.1. The van der Waals surface area contributed by atoms with Gasteiger partial charge in [0.15, 0.2) is 6.61 Å². The van der Waals surface area contributed by atoms with Crippen molar-refractivity contribution >= 4 is 16.9 Å². The number of fused-ring (bicyclic) bond motifs is 1. The fourth-order valence-electron chi connectivity index (χ4n) is 1.62. The summed E-state index contributed by atoms with van der Waals surface area (Å²) in [6.45, 7) is 1.77. The predicted molar refractivity (Wildman–Crippen MR) is 66.8 cm³/mol. The molecular formula is C13H13NO4. The molecule has 5 nitrogen and oxygen atoms in total. The van der Waals surface area contributed by atoms with Gasteiger partial charge in [0, 0.05) is 24.6 Å². The molecule has 0 bridgehead atoms. The zero-order chi connectivity index (χ0) is 13.1. The molecule has 0 saturated carbocycles. The minimum Gasteiger partial charge on any atom is -0.484 e. The first-order chi connectivity index (χ1) is 8.60. The van der Waals surface area contributed by atoms with Crippen LogP contribution < -0.4 is 15.7 Å². The molecule has 2 rings (SSSR count). The lowest BCUT2D eigenvalue weighted by molar-refractivity contribution is -0.122. The topological polar surface area (TPSA) is 68.5 Å². The number of hydrogen-bond acceptors (Lipinski definition) is 4. The predicted octanol–water partition coefficient (Wildman–Crippen LogP) is 1.23. The van der Waals surface area contributed by atoms with E-state index in [9.17, 15) is 9.59 Å². The van der Waals surface area contributed by atoms with Crippen LogP contribution in [0.3, 0.4) is 0 Å². The molecule has 5 heteroatoms. The average Bonchev–Trinajstić information content (AvgIpc) is 2.35. The van der Waals surface area contributed by atoms with Crippen LogP contribution in [-0.4, -0.2) is 19.6 Å². The van der Waals surface area contributed by atoms with E-state index in [0.717, 1.165) is 10.9 Å². The molecule has 1 aromatic heterocycles. The van der Waals surface area contributed by atoms with Crippen molar-refractivity contribution in [1.29, 1.82) is 0 Å². The standard InChI is InChI=1S/C13H13NO4/c1-8-5-13(16)18-11-6-9(3-4-10(8)11)17-7-12(15)14-2/h3-6H,7H2,1-2H3,(H,14,15). The molecular weight excluding hydrogens is 234 g/mol. The molecule has 0 spiro atoms. The van der Waals surface area contributed by atoms with Crippen molar-refractivity contribution in [1.82, 2.24) is 5.32 Å². The van der Waals surface area contributed by atoms with Crippen molar-refractivity contribution in [2.24, 2.45) is 0 Å². The third-order valence-electron chi connectivity index (χ3n) is 2.57. The van der Waals surface area contributed by atoms with Gasteiger partial charge >= 0.3 is 5.63 Å². The highest BCUT2D eigenvalue weighted by Gasteiger charge is 2.05. The molecule has 0 fully saturated rings. The second-order valence-electron chi connectivity index (χ2n) is 3.87. The minimum atomic E-state index is -0.400. The first kappa shape index (κ1) is 12.2. The third kappa shape index (κ3) is 2.51. The molecule has 1 N–H and O–H groups in total. The van der Waals surface area contributed by atoms with Crippen LogP contribution in [0.5, 0.6) is 5.75 Å². The van der Waals surface area contributed by atoms with E-state index in [1.165, 1.54) is 13.1 Å². The van der Waals surface area contributed by atoms with Crippen LogP contribution in [0.2, 0.25) is 0 Å². The Morgan fingerprint density at radius 3 is 2.89 bits per heavy atom. The van der Waals surface area contributed by atoms with E-state index < -0.39 is 5.63 Å². The lowest BCUT2D eigenvalue weighted by Crippen LogP contribution is -2.24. The summed E-state index contributed by atoms with van der Waals surface area (Å²) in [7, 11) is 1.54. The number of likely N-dealkylation sites (N-methyl/N-ethyl adjacent to an activating group) is 1. The van der Waals surface area contributed by atoms with Crippen molar-refractivity contribution in [2.75, 3.05) is 13.7 Å². The van der Waals surface area contributed by atoms with Gasteiger partial charge in [-0.25, -0.2) is 4.79 Å². The average molecular weight is 247 g/mol. The van der Waals surface area contributed by atoms with Gasteiger partial charge in [-0.3, -0.25) is 4.79 Å². The van der Waals surface area contributed by atoms with Crippen molar-refractivity contribution in [2.45, 2.75) is 6.92 Å². The highest BCUT2D eigenvalue weighted by Crippen LogP contribution is 2.21. The lowest BCUT2D eigenvalue weighted by atomic mass is 10.1. The molecule has 94 valence electrons. The lowest BCUT2D eigenvalue weighted by Gasteiger charge is -2.06. The monoisotopic (exact) mass is 247 g/mol. The number of rotatable bonds is 3. The Morgan fingerprint density at radius 2 is 2.17 bits per heavy atom. The Bertz CT molecular complexity index is 645. The summed E-state index contributed by atoms with van der Waals surface area (Å²) >= 11 is 0. The van der Waals surface area contributed by atoms with Gasteiger partial charge in [-0.15, -0.1) is 0 Å². The number of benzene rings is 1. The van der Waals surface area contributed by atoms with Crippen molar-refractivity contribution in [3.8, 4) is 5.75 Å². The van der Waals surface area contributed by atoms with E-state index in [1.54, 1.807) is 18.2 Å². The number of aryl methyl sites for hydroxylation is 1. The number of carbonyl (C=O) groups excluding carboxylic acids is 1. The smallest absolute Gasteiger partial charge is 0.336 e. The molecule has 1 heterocycles. The number of hydrogen-bond donors (Lipinski definition) is 1. The number of carbonyl (C=O) groups is 1. The van der Waals surface area contributed by atoms with Gasteiger partial charge in [0.25, 0.3) is 5.91 Å². The quantitative estimate of drug-likeness (QED) is 0.828. The maximum Gasteiger partial charge on any atom is 0.336 e. The summed E-state index contributed by atoms with van der Waals surface area (Å²) in [5.74, 6) is 0.264. The zero-order valence-electron chi connectivity index (χ0n) is 10.1. The van der Waals surface area contributed by atoms with Gasteiger partial charge in [0.05, 0.1) is 0 Å². The van der Waals surface area contributed by atoms with Gasteiger partial charge in [0.2, 0.25) is 0 Å². The van der Waals surface area contributed by atoms with Crippen LogP contribution in [0.15, 0.2) is 33.5 Å². The molecule has 0 aliphatic heterocycles. The number of ether oxygens (including phenoxy) is 1. The van der Waals surface area contributed by atoms with E-state index in [-0.39, 0.29) is 12.5 Å². The van der Waals surface area contributed by atoms with Crippen molar-refractivity contribution < 1.29 is 13.9 Å². The van der Waals surface area contributed by atoms with Gasteiger partial charge in [-0.05, 0) is 24.6 Å². The molecule has 0 saturated heterocycles. The van der Waals surface area contributed by atoms with E-state index in [2.05, 4.69) is 5.32 Å². The maximum absolute atomic E-state index is 11.3. The van der Waals surface area contributed by atoms with Gasteiger partial charge in [0.1, 0.15) is 11.3 Å². The van der Waals surface area contributed by atoms with Crippen LogP contribution in [0.25, 0.3) is 11.0 Å². The van der Waals surface area contributed by atoms with Crippen LogP contribution in [0, 0.1) is 6.92 Å². The highest BCUT2D eigenvalue weighted by molar-refractivity contribution is 5.81. The van der Waals surface area contributed by atoms with Crippen LogP contribution in [0.4, 0.5) is 0 Å². The molecule has 2 aromatic rings. The molecule has 18 heavy (non-hydrogen) atoms. The summed E-state index contributed by atoms with van der Waals surface area (Å²) in [6.07, 6.45) is 0. The number of nitrogens with one attached hydrogen (secondary N) is 1. The highest BCUT2D eigenvalue weighted by atomic mass is 16.5. The molecule has 0 atom stereocenters. The Hall–Kier alpha value is -2.30. The van der Waals surface area contributed by atoms with Gasteiger partial charge < -0.3 is 14.5 Å². The minimum absolute atomic E-state index is 0.0714. The second kappa shape index (κ2) is 4.91. The Kier molecular flexibility index (Phi) is 3.32. The SMILES string of the molecule is CNC(=O)COc1ccc2c(C)cc(=O)oc2c1. The molecule has 0 aliphatic rings. The molecule has 1 amide bonds. The van der Waals surface area contributed by atoms with E-state index in [1.807, 2.05) is 6.92 Å².